The highest BCUT2D eigenvalue weighted by atomic mass is 16.3. The van der Waals surface area contributed by atoms with E-state index in [1.54, 1.807) is 0 Å². The molecule has 0 bridgehead atoms. The van der Waals surface area contributed by atoms with Gasteiger partial charge in [-0.1, -0.05) is 20.3 Å². The van der Waals surface area contributed by atoms with E-state index in [0.717, 1.165) is 0 Å². The van der Waals surface area contributed by atoms with E-state index in [9.17, 15) is 4.79 Å². The van der Waals surface area contributed by atoms with Crippen molar-refractivity contribution in [3.8, 4) is 0 Å². The Morgan fingerprint density at radius 2 is 1.62 bits per heavy atom. The van der Waals surface area contributed by atoms with Crippen LogP contribution in [0.3, 0.4) is 0 Å². The van der Waals surface area contributed by atoms with Gasteiger partial charge >= 0.3 is 6.03 Å². The Bertz CT molecular complexity index is 117. The summed E-state index contributed by atoms with van der Waals surface area (Å²) in [6, 6.07) is -0.715. The normalized spacial score (nSPS) is 8.38. The number of nitrogens with one attached hydrogen (secondary N) is 1. The lowest BCUT2D eigenvalue weighted by molar-refractivity contribution is 0.0539. The Balaban J connectivity index is 0. The first-order valence-electron chi connectivity index (χ1n) is 4.03. The van der Waals surface area contributed by atoms with Gasteiger partial charge in [-0.2, -0.15) is 0 Å². The van der Waals surface area contributed by atoms with Gasteiger partial charge in [-0.3, -0.25) is 4.90 Å². The van der Waals surface area contributed by atoms with E-state index >= 15 is 0 Å². The lowest BCUT2D eigenvalue weighted by atomic mass is 10.6. The first-order chi connectivity index (χ1) is 6.17. The number of nitrogens with zero attached hydrogens (tertiary/aromatic N) is 1. The minimum absolute atomic E-state index is 0.519. The van der Waals surface area contributed by atoms with Gasteiger partial charge < -0.3 is 20.6 Å². The highest BCUT2D eigenvalue weighted by Gasteiger charge is 2.07. The Hall–Kier alpha value is -0.850. The van der Waals surface area contributed by atoms with Crippen molar-refractivity contribution in [2.45, 2.75) is 20.3 Å². The summed E-state index contributed by atoms with van der Waals surface area (Å²) in [4.78, 5) is 11.2. The van der Waals surface area contributed by atoms with Crippen LogP contribution in [0.2, 0.25) is 0 Å². The third-order valence-electron chi connectivity index (χ3n) is 0.859. The van der Waals surface area contributed by atoms with Crippen molar-refractivity contribution in [3.63, 3.8) is 0 Å². The molecule has 0 unspecified atom stereocenters. The second kappa shape index (κ2) is 11.2. The van der Waals surface area contributed by atoms with Crippen LogP contribution >= 0.6 is 0 Å². The average molecular weight is 194 g/mol. The van der Waals surface area contributed by atoms with Gasteiger partial charge in [-0.05, 0) is 0 Å². The smallest absolute Gasteiger partial charge is 0.322 e. The zero-order chi connectivity index (χ0) is 10.7. The highest BCUT2D eigenvalue weighted by Crippen LogP contribution is 1.82. The fraction of sp³-hybridized carbons (Fsp3) is 0.857. The largest absolute Gasteiger partial charge is 0.376 e. The lowest BCUT2D eigenvalue weighted by Crippen LogP contribution is -2.41. The molecular formula is C7H18N2O4. The molecule has 13 heavy (non-hydrogen) atoms. The fourth-order valence-corrected chi connectivity index (χ4v) is 0.353. The van der Waals surface area contributed by atoms with Crippen molar-refractivity contribution in [2.75, 3.05) is 20.2 Å². The van der Waals surface area contributed by atoms with E-state index in [-0.39, 0.29) is 0 Å². The zero-order valence-corrected chi connectivity index (χ0v) is 8.03. The monoisotopic (exact) mass is 194 g/mol. The summed E-state index contributed by atoms with van der Waals surface area (Å²) in [6.45, 7) is 2.57. The van der Waals surface area contributed by atoms with E-state index < -0.39 is 26.2 Å². The van der Waals surface area contributed by atoms with Crippen LogP contribution in [-0.4, -0.2) is 46.4 Å². The molecule has 4 N–H and O–H groups in total. The third kappa shape index (κ3) is 9.06. The number of aliphatic hydroxyl groups is 3. The number of rotatable bonds is 3. The van der Waals surface area contributed by atoms with Gasteiger partial charge in [0.1, 0.15) is 20.2 Å². The van der Waals surface area contributed by atoms with E-state index in [1.807, 2.05) is 5.32 Å². The Labute approximate surface area is 77.8 Å². The molecule has 6 heteroatoms. The first-order valence-corrected chi connectivity index (χ1v) is 4.03. The Kier molecular flexibility index (Phi) is 12.6. The molecule has 80 valence electrons. The molecule has 0 aliphatic rings. The molecule has 0 aliphatic carbocycles. The molecule has 6 nitrogen and oxygen atoms in total. The van der Waals surface area contributed by atoms with E-state index in [0.29, 0.717) is 4.90 Å². The van der Waals surface area contributed by atoms with Gasteiger partial charge in [-0.15, -0.1) is 0 Å². The van der Waals surface area contributed by atoms with Gasteiger partial charge in [0, 0.05) is 0 Å². The Morgan fingerprint density at radius 3 is 1.85 bits per heavy atom. The number of carbonyl (C=O) groups is 1. The quantitative estimate of drug-likeness (QED) is 0.445. The summed E-state index contributed by atoms with van der Waals surface area (Å²) in [5, 5.41) is 26.8. The summed E-state index contributed by atoms with van der Waals surface area (Å²) in [6.07, 6.45) is 1.25. The van der Waals surface area contributed by atoms with Gasteiger partial charge in [0.05, 0.1) is 0 Å². The van der Waals surface area contributed by atoms with Crippen molar-refractivity contribution < 1.29 is 20.1 Å². The van der Waals surface area contributed by atoms with Crippen LogP contribution in [-0.2, 0) is 0 Å². The summed E-state index contributed by atoms with van der Waals surface area (Å²) in [5.74, 6) is 0. The average Bonchev–Trinajstić information content (AvgIpc) is 2.08. The predicted molar refractivity (Wildman–Crippen MR) is 47.6 cm³/mol. The Morgan fingerprint density at radius 1 is 1.23 bits per heavy atom. The van der Waals surface area contributed by atoms with Crippen molar-refractivity contribution >= 4 is 6.03 Å². The number of amides is 2. The summed E-state index contributed by atoms with van der Waals surface area (Å²) < 4.78 is 0. The maximum absolute atomic E-state index is 10.5. The van der Waals surface area contributed by atoms with Crippen molar-refractivity contribution in [1.82, 2.24) is 10.2 Å². The van der Waals surface area contributed by atoms with Gasteiger partial charge in [-0.25, -0.2) is 4.79 Å². The van der Waals surface area contributed by atoms with Gasteiger partial charge in [0.2, 0.25) is 0 Å². The summed E-state index contributed by atoms with van der Waals surface area (Å²) >= 11 is 0. The minimum atomic E-state index is -0.715. The minimum Gasteiger partial charge on any atom is -0.376 e. The van der Waals surface area contributed by atoms with Crippen LogP contribution in [0.4, 0.5) is 4.79 Å². The molecule has 0 heterocycles. The molecular weight excluding hydrogens is 176 g/mol. The van der Waals surface area contributed by atoms with Crippen LogP contribution in [0.25, 0.3) is 0 Å². The van der Waals surface area contributed by atoms with Crippen molar-refractivity contribution in [3.05, 3.63) is 0 Å². The number of carbonyl (C=O) groups excluding carboxylic acids is 1. The maximum atomic E-state index is 10.5. The lowest BCUT2D eigenvalue weighted by Gasteiger charge is -2.15. The fourth-order valence-electron chi connectivity index (χ4n) is 0.353. The molecule has 0 aromatic heterocycles. The molecule has 0 saturated carbocycles. The summed E-state index contributed by atoms with van der Waals surface area (Å²) in [7, 11) is 0. The van der Waals surface area contributed by atoms with E-state index in [4.69, 9.17) is 15.3 Å². The molecule has 0 aliphatic heterocycles. The number of hydrogen-bond acceptors (Lipinski definition) is 4. The summed E-state index contributed by atoms with van der Waals surface area (Å²) in [5.41, 5.74) is 0. The van der Waals surface area contributed by atoms with Crippen LogP contribution in [0.1, 0.15) is 20.3 Å². The first kappa shape index (κ1) is 14.7. The van der Waals surface area contributed by atoms with E-state index in [1.165, 1.54) is 6.42 Å². The molecule has 0 rings (SSSR count). The SMILES string of the molecule is CCC.O=C(NCO)N(CO)CO. The number of hydrogen-bond donors (Lipinski definition) is 4. The topological polar surface area (TPSA) is 93.0 Å². The molecule has 0 aromatic rings. The molecule has 0 aromatic carbocycles. The molecule has 0 radical (unpaired) electrons. The van der Waals surface area contributed by atoms with Crippen LogP contribution in [0.15, 0.2) is 0 Å². The standard InChI is InChI=1S/C4H10N2O4.C3H8/c7-1-5-4(10)6(2-8)3-9;1-3-2/h7-9H,1-3H2,(H,5,10);3H2,1-2H3. The second-order valence-corrected chi connectivity index (χ2v) is 2.17. The second-order valence-electron chi connectivity index (χ2n) is 2.17. The number of aliphatic hydroxyl groups excluding tert-OH is 3. The zero-order valence-electron chi connectivity index (χ0n) is 8.03. The predicted octanol–water partition coefficient (Wildman–Crippen LogP) is -0.736. The molecule has 2 amide bonds. The molecule has 0 spiro atoms. The third-order valence-corrected chi connectivity index (χ3v) is 0.859. The molecule has 0 atom stereocenters. The number of urea groups is 1. The van der Waals surface area contributed by atoms with Crippen LogP contribution in [0, 0.1) is 0 Å². The van der Waals surface area contributed by atoms with Crippen LogP contribution in [0.5, 0.6) is 0 Å². The maximum Gasteiger partial charge on any atom is 0.322 e. The van der Waals surface area contributed by atoms with Crippen LogP contribution < -0.4 is 5.32 Å². The molecule has 0 saturated heterocycles. The van der Waals surface area contributed by atoms with Crippen molar-refractivity contribution in [1.29, 1.82) is 0 Å². The van der Waals surface area contributed by atoms with Gasteiger partial charge in [0.25, 0.3) is 0 Å². The highest BCUT2D eigenvalue weighted by molar-refractivity contribution is 5.73. The molecule has 0 fully saturated rings. The van der Waals surface area contributed by atoms with Crippen molar-refractivity contribution in [2.24, 2.45) is 0 Å². The van der Waals surface area contributed by atoms with Gasteiger partial charge in [0.15, 0.2) is 0 Å². The van der Waals surface area contributed by atoms with E-state index in [2.05, 4.69) is 13.8 Å².